The van der Waals surface area contributed by atoms with Crippen molar-refractivity contribution in [1.29, 1.82) is 0 Å². The van der Waals surface area contributed by atoms with Crippen molar-refractivity contribution in [3.05, 3.63) is 145 Å². The first-order chi connectivity index (χ1) is 41.2. The average Bonchev–Trinajstić information content (AvgIpc) is 0.731. The van der Waals surface area contributed by atoms with Gasteiger partial charge in [-0.25, -0.2) is 0 Å². The predicted molar refractivity (Wildman–Crippen MR) is 387 cm³/mol. The summed E-state index contributed by atoms with van der Waals surface area (Å²) in [5, 5.41) is 53.2. The van der Waals surface area contributed by atoms with Crippen LogP contribution in [0.25, 0.3) is 109 Å². The summed E-state index contributed by atoms with van der Waals surface area (Å²) in [6, 6.07) is 0. The lowest BCUT2D eigenvalue weighted by Gasteiger charge is -2.24. The van der Waals surface area contributed by atoms with E-state index in [0.29, 0.717) is 0 Å². The largest absolute Gasteiger partial charge is 0.187 e. The first kappa shape index (κ1) is 66.0. The molecule has 14 aromatic rings. The van der Waals surface area contributed by atoms with Gasteiger partial charge in [-0.2, -0.15) is 60.0 Å². The van der Waals surface area contributed by atoms with Crippen molar-refractivity contribution in [3.63, 3.8) is 0 Å². The van der Waals surface area contributed by atoms with Gasteiger partial charge in [-0.1, -0.05) is 14.9 Å². The van der Waals surface area contributed by atoms with E-state index in [9.17, 15) is 0 Å². The van der Waals surface area contributed by atoms with Crippen LogP contribution in [0.3, 0.4) is 0 Å². The molecule has 0 aliphatic heterocycles. The SMILES string of the molecule is C.C.Cc1c(C)c(C)c2c(c1C)c(C)c(C)c1nn(C)nc12.Cc1c(C)c(C)c2c(c1C)c1nn(C)nc1c1c(C)c(C)c(C)c(C)c12.Cc1c(C)c(C)c2nn(C)nc2c1C.Cc1c(C)c2c(C)c(C)c3c(C)c(C)c(C)c4c5nn(C)nc5c(c1C)c2c34. The third-order valence-corrected chi connectivity index (χ3v) is 22.4. The number of aryl methyl sites for hydroxylation is 20. The Labute approximate surface area is 533 Å². The maximum atomic E-state index is 4.84. The van der Waals surface area contributed by atoms with Crippen molar-refractivity contribution in [2.75, 3.05) is 0 Å². The van der Waals surface area contributed by atoms with Gasteiger partial charge in [0.15, 0.2) is 0 Å². The summed E-state index contributed by atoms with van der Waals surface area (Å²) in [6.07, 6.45) is 0. The first-order valence-electron chi connectivity index (χ1n) is 31.2. The lowest BCUT2D eigenvalue weighted by atomic mass is 9.79. The fraction of sp³-hybridized carbons (Fsp3) is 0.410. The van der Waals surface area contributed by atoms with Gasteiger partial charge in [-0.15, -0.1) is 0 Å². The molecule has 0 atom stereocenters. The fourth-order valence-electron chi connectivity index (χ4n) is 15.1. The van der Waals surface area contributed by atoms with Crippen molar-refractivity contribution < 1.29 is 0 Å². The van der Waals surface area contributed by atoms with Gasteiger partial charge in [-0.05, 0) is 352 Å². The van der Waals surface area contributed by atoms with Crippen LogP contribution in [0.5, 0.6) is 0 Å². The smallest absolute Gasteiger partial charge is 0.122 e. The molecule has 0 aliphatic rings. The number of fused-ring (bicyclic) bond motifs is 13. The molecule has 90 heavy (non-hydrogen) atoms. The van der Waals surface area contributed by atoms with Crippen LogP contribution < -0.4 is 0 Å². The van der Waals surface area contributed by atoms with Gasteiger partial charge in [0.05, 0.1) is 0 Å². The van der Waals surface area contributed by atoms with Crippen LogP contribution in [-0.4, -0.2) is 60.0 Å². The van der Waals surface area contributed by atoms with Crippen molar-refractivity contribution >= 4 is 109 Å². The molecule has 0 spiro atoms. The van der Waals surface area contributed by atoms with Gasteiger partial charge in [-0.3, -0.25) is 0 Å². The molecule has 12 heteroatoms. The summed E-state index contributed by atoms with van der Waals surface area (Å²) in [5.74, 6) is 0. The molecule has 10 aromatic carbocycles. The fourth-order valence-corrected chi connectivity index (χ4v) is 15.1. The Hall–Kier alpha value is -8.38. The molecule has 0 N–H and O–H groups in total. The quantitative estimate of drug-likeness (QED) is 0.138. The average molecular weight is 1200 g/mol. The second kappa shape index (κ2) is 22.8. The Balaban J connectivity index is 0.000000145. The molecule has 0 unspecified atom stereocenters. The Morgan fingerprint density at radius 2 is 0.256 bits per heavy atom. The molecule has 14 rings (SSSR count). The monoisotopic (exact) mass is 1200 g/mol. The van der Waals surface area contributed by atoms with Gasteiger partial charge in [0.25, 0.3) is 0 Å². The number of nitrogens with zero attached hydrogens (tertiary/aromatic N) is 12. The van der Waals surface area contributed by atoms with Crippen LogP contribution in [0.2, 0.25) is 0 Å². The van der Waals surface area contributed by atoms with Crippen molar-refractivity contribution in [2.24, 2.45) is 28.2 Å². The minimum absolute atomic E-state index is 0. The Bertz CT molecular complexity index is 5160. The molecule has 0 bridgehead atoms. The maximum absolute atomic E-state index is 4.84. The topological polar surface area (TPSA) is 123 Å². The molecular weight excluding hydrogens is 1100 g/mol. The lowest BCUT2D eigenvalue weighted by Crippen LogP contribution is -2.02. The zero-order valence-corrected chi connectivity index (χ0v) is 58.4. The number of hydrogen-bond acceptors (Lipinski definition) is 8. The van der Waals surface area contributed by atoms with Crippen molar-refractivity contribution in [1.82, 2.24) is 60.0 Å². The van der Waals surface area contributed by atoms with Crippen LogP contribution in [0.4, 0.5) is 0 Å². The van der Waals surface area contributed by atoms with Crippen LogP contribution >= 0.6 is 0 Å². The normalized spacial score (nSPS) is 11.7. The Morgan fingerprint density at radius 3 is 0.522 bits per heavy atom. The van der Waals surface area contributed by atoms with Gasteiger partial charge < -0.3 is 0 Å². The summed E-state index contributed by atoms with van der Waals surface area (Å²) < 4.78 is 0. The number of hydrogen-bond donors (Lipinski definition) is 0. The molecular formula is C78H98N12. The van der Waals surface area contributed by atoms with E-state index >= 15 is 0 Å². The highest BCUT2D eigenvalue weighted by Crippen LogP contribution is 2.49. The molecule has 470 valence electrons. The van der Waals surface area contributed by atoms with Crippen LogP contribution in [-0.2, 0) is 28.2 Å². The second-order valence-corrected chi connectivity index (χ2v) is 26.3. The van der Waals surface area contributed by atoms with Gasteiger partial charge in [0.1, 0.15) is 44.1 Å². The maximum Gasteiger partial charge on any atom is 0.122 e. The summed E-state index contributed by atoms with van der Waals surface area (Å²) in [7, 11) is 7.61. The summed E-state index contributed by atoms with van der Waals surface area (Å²) in [6.45, 7) is 57.7. The highest BCUT2D eigenvalue weighted by atomic mass is 15.5. The number of aromatic nitrogens is 12. The highest BCUT2D eigenvalue weighted by Gasteiger charge is 2.28. The van der Waals surface area contributed by atoms with E-state index in [1.165, 1.54) is 209 Å². The minimum Gasteiger partial charge on any atom is -0.187 e. The van der Waals surface area contributed by atoms with E-state index in [1.54, 1.807) is 19.2 Å². The Kier molecular flexibility index (Phi) is 16.8. The minimum atomic E-state index is 0. The lowest BCUT2D eigenvalue weighted by molar-refractivity contribution is 0.664. The van der Waals surface area contributed by atoms with Crippen LogP contribution in [0, 0.1) is 180 Å². The molecule has 0 aliphatic carbocycles. The number of rotatable bonds is 0. The van der Waals surface area contributed by atoms with E-state index in [-0.39, 0.29) is 14.9 Å². The predicted octanol–water partition coefficient (Wildman–Crippen LogP) is 19.5. The standard InChI is InChI=1S/C25H27N3.C23H27N3.C17H21N3.C11H15N3.2CH4/c1-10-12(3)18-16(7)17(8)19-13(4)11(2)15(6)21-23(19)22(18)20(14(10)5)24-25(21)27-28(9)26-24;1-10-12(3)16(7)20-18(14(10)5)19-15(6)11(2)13(4)17(8)21(19)23-22(20)24-26(9)25-23;1-8-9(2)11(4)15-14(10(8)3)12(5)13(6)16-17(15)19-20(7)18-16;1-6-7(2)9(4)11-10(8(6)3)12-14(5)13-11;;/h1-9H3;1-9H3;1-7H3;1-5H3;2*1H4. The van der Waals surface area contributed by atoms with E-state index in [4.69, 9.17) is 20.4 Å². The van der Waals surface area contributed by atoms with Crippen LogP contribution in [0.15, 0.2) is 0 Å². The molecule has 4 heterocycles. The van der Waals surface area contributed by atoms with Crippen molar-refractivity contribution in [2.45, 2.75) is 195 Å². The summed E-state index contributed by atoms with van der Waals surface area (Å²) in [4.78, 5) is 6.78. The van der Waals surface area contributed by atoms with E-state index < -0.39 is 0 Å². The van der Waals surface area contributed by atoms with Gasteiger partial charge in [0.2, 0.25) is 0 Å². The zero-order chi connectivity index (χ0) is 64.5. The van der Waals surface area contributed by atoms with E-state index in [2.05, 4.69) is 200 Å². The second-order valence-electron chi connectivity index (χ2n) is 26.3. The van der Waals surface area contributed by atoms with Gasteiger partial charge in [0, 0.05) is 65.9 Å². The first-order valence-corrected chi connectivity index (χ1v) is 31.2. The molecule has 0 saturated carbocycles. The van der Waals surface area contributed by atoms with E-state index in [1.807, 2.05) is 28.2 Å². The molecule has 0 amide bonds. The molecule has 0 fully saturated rings. The van der Waals surface area contributed by atoms with Gasteiger partial charge >= 0.3 is 0 Å². The zero-order valence-electron chi connectivity index (χ0n) is 58.4. The molecule has 0 radical (unpaired) electrons. The molecule has 4 aromatic heterocycles. The number of benzene rings is 10. The third kappa shape index (κ3) is 9.17. The molecule has 12 nitrogen and oxygen atoms in total. The summed E-state index contributed by atoms with van der Waals surface area (Å²) in [5.41, 5.74) is 43.3. The van der Waals surface area contributed by atoms with E-state index in [0.717, 1.165) is 44.1 Å². The Morgan fingerprint density at radius 1 is 0.133 bits per heavy atom. The van der Waals surface area contributed by atoms with Crippen molar-refractivity contribution in [3.8, 4) is 0 Å². The van der Waals surface area contributed by atoms with Crippen LogP contribution in [0.1, 0.15) is 160 Å². The highest BCUT2D eigenvalue weighted by molar-refractivity contribution is 6.36. The third-order valence-electron chi connectivity index (χ3n) is 22.4. The molecule has 0 saturated heterocycles. The summed E-state index contributed by atoms with van der Waals surface area (Å²) >= 11 is 0.